The monoisotopic (exact) mass is 182 g/mol. The van der Waals surface area contributed by atoms with Crippen molar-refractivity contribution in [2.45, 2.75) is 25.5 Å². The van der Waals surface area contributed by atoms with Gasteiger partial charge in [0.05, 0.1) is 12.5 Å². The highest BCUT2D eigenvalue weighted by Crippen LogP contribution is 2.09. The molecule has 0 amide bonds. The van der Waals surface area contributed by atoms with E-state index < -0.39 is 0 Å². The summed E-state index contributed by atoms with van der Waals surface area (Å²) in [5.41, 5.74) is 1.25. The lowest BCUT2D eigenvalue weighted by molar-refractivity contribution is -0.676. The van der Waals surface area contributed by atoms with Gasteiger partial charge in [-0.25, -0.2) is 0 Å². The zero-order valence-corrected chi connectivity index (χ0v) is 7.74. The summed E-state index contributed by atoms with van der Waals surface area (Å²) in [7, 11) is 0. The first-order valence-electron chi connectivity index (χ1n) is 4.89. The average molecular weight is 182 g/mol. The van der Waals surface area contributed by atoms with Crippen molar-refractivity contribution in [1.82, 2.24) is 0 Å². The van der Waals surface area contributed by atoms with E-state index in [0.717, 1.165) is 19.7 Å². The van der Waals surface area contributed by atoms with Gasteiger partial charge in [-0.15, -0.1) is 0 Å². The van der Waals surface area contributed by atoms with Crippen LogP contribution in [0.5, 0.6) is 0 Å². The predicted octanol–water partition coefficient (Wildman–Crippen LogP) is 0.522. The summed E-state index contributed by atoms with van der Waals surface area (Å²) in [6, 6.07) is 2.01. The van der Waals surface area contributed by atoms with Crippen LogP contribution in [0.25, 0.3) is 0 Å². The summed E-state index contributed by atoms with van der Waals surface area (Å²) in [5.74, 6) is 0. The first-order valence-corrected chi connectivity index (χ1v) is 4.89. The molecule has 1 aromatic heterocycles. The second-order valence-corrected chi connectivity index (χ2v) is 3.50. The van der Waals surface area contributed by atoms with Gasteiger partial charge in [0.25, 0.3) is 0 Å². The van der Waals surface area contributed by atoms with E-state index in [9.17, 15) is 0 Å². The third kappa shape index (κ3) is 2.57. The first-order chi connectivity index (χ1) is 6.45. The van der Waals surface area contributed by atoms with Gasteiger partial charge in [-0.05, 0) is 18.9 Å². The Balaban J connectivity index is 1.63. The molecule has 2 rings (SSSR count). The molecular weight excluding hydrogens is 166 g/mol. The van der Waals surface area contributed by atoms with Crippen LogP contribution in [0, 0.1) is 0 Å². The zero-order valence-electron chi connectivity index (χ0n) is 7.74. The fourth-order valence-electron chi connectivity index (χ4n) is 1.67. The summed E-state index contributed by atoms with van der Waals surface area (Å²) < 4.78 is 10.5. The Morgan fingerprint density at radius 2 is 2.54 bits per heavy atom. The number of furan rings is 1. The topological polar surface area (TPSA) is 39.0 Å². The van der Waals surface area contributed by atoms with Gasteiger partial charge in [0, 0.05) is 12.2 Å². The molecule has 1 saturated heterocycles. The Morgan fingerprint density at radius 1 is 1.54 bits per heavy atom. The number of nitrogens with two attached hydrogens (primary N) is 1. The average Bonchev–Trinajstić information content (AvgIpc) is 2.75. The minimum absolute atomic E-state index is 0.479. The van der Waals surface area contributed by atoms with Crippen molar-refractivity contribution in [1.29, 1.82) is 0 Å². The van der Waals surface area contributed by atoms with Crippen molar-refractivity contribution >= 4 is 0 Å². The summed E-state index contributed by atoms with van der Waals surface area (Å²) in [6.45, 7) is 3.02. The molecule has 0 spiro atoms. The molecule has 0 saturated carbocycles. The molecule has 1 aromatic rings. The van der Waals surface area contributed by atoms with Gasteiger partial charge in [-0.3, -0.25) is 0 Å². The molecule has 1 aliphatic heterocycles. The largest absolute Gasteiger partial charge is 0.472 e. The smallest absolute Gasteiger partial charge is 0.106 e. The molecule has 1 atom stereocenters. The molecule has 0 aliphatic carbocycles. The number of quaternary nitrogens is 1. The quantitative estimate of drug-likeness (QED) is 0.737. The molecule has 3 nitrogen and oxygen atoms in total. The molecule has 1 aliphatic rings. The third-order valence-corrected chi connectivity index (χ3v) is 2.41. The van der Waals surface area contributed by atoms with E-state index in [4.69, 9.17) is 9.15 Å². The summed E-state index contributed by atoms with van der Waals surface area (Å²) >= 11 is 0. The molecule has 0 unspecified atom stereocenters. The fraction of sp³-hybridized carbons (Fsp3) is 0.600. The number of hydrogen-bond donors (Lipinski definition) is 1. The van der Waals surface area contributed by atoms with Crippen LogP contribution in [-0.4, -0.2) is 19.3 Å². The van der Waals surface area contributed by atoms with Crippen LogP contribution in [0.3, 0.4) is 0 Å². The summed E-state index contributed by atoms with van der Waals surface area (Å²) in [4.78, 5) is 0. The van der Waals surface area contributed by atoms with Crippen molar-refractivity contribution in [3.05, 3.63) is 24.2 Å². The predicted molar refractivity (Wildman–Crippen MR) is 48.2 cm³/mol. The zero-order chi connectivity index (χ0) is 8.93. The van der Waals surface area contributed by atoms with Crippen LogP contribution >= 0.6 is 0 Å². The van der Waals surface area contributed by atoms with Gasteiger partial charge in [0.15, 0.2) is 0 Å². The highest BCUT2D eigenvalue weighted by molar-refractivity contribution is 5.02. The lowest BCUT2D eigenvalue weighted by Gasteiger charge is -2.06. The van der Waals surface area contributed by atoms with Crippen molar-refractivity contribution in [2.75, 3.05) is 13.2 Å². The van der Waals surface area contributed by atoms with Gasteiger partial charge >= 0.3 is 0 Å². The van der Waals surface area contributed by atoms with E-state index in [1.165, 1.54) is 18.4 Å². The maximum absolute atomic E-state index is 5.52. The van der Waals surface area contributed by atoms with Gasteiger partial charge in [0.1, 0.15) is 19.2 Å². The molecule has 2 N–H and O–H groups in total. The highest BCUT2D eigenvalue weighted by Gasteiger charge is 2.16. The second kappa shape index (κ2) is 4.44. The van der Waals surface area contributed by atoms with E-state index in [1.54, 1.807) is 12.5 Å². The first kappa shape index (κ1) is 8.78. The molecule has 2 heterocycles. The van der Waals surface area contributed by atoms with Crippen LogP contribution in [0.1, 0.15) is 18.4 Å². The molecular formula is C10H16NO2+. The fourth-order valence-corrected chi connectivity index (χ4v) is 1.67. The minimum Gasteiger partial charge on any atom is -0.472 e. The van der Waals surface area contributed by atoms with E-state index >= 15 is 0 Å². The van der Waals surface area contributed by atoms with Crippen molar-refractivity contribution in [2.24, 2.45) is 0 Å². The van der Waals surface area contributed by atoms with Gasteiger partial charge < -0.3 is 14.5 Å². The molecule has 1 fully saturated rings. The standard InChI is InChI=1S/C10H15NO2/c1-2-10(13-4-1)7-11-6-9-3-5-12-8-9/h3,5,8,10-11H,1-2,4,6-7H2/p+1/t10-/m1/s1. The van der Waals surface area contributed by atoms with Crippen LogP contribution < -0.4 is 5.32 Å². The summed E-state index contributed by atoms with van der Waals surface area (Å²) in [6.07, 6.45) is 6.44. The van der Waals surface area contributed by atoms with Crippen LogP contribution in [0.15, 0.2) is 23.0 Å². The van der Waals surface area contributed by atoms with E-state index in [2.05, 4.69) is 5.32 Å². The van der Waals surface area contributed by atoms with Crippen molar-refractivity contribution < 1.29 is 14.5 Å². The molecule has 13 heavy (non-hydrogen) atoms. The van der Waals surface area contributed by atoms with Crippen molar-refractivity contribution in [3.63, 3.8) is 0 Å². The van der Waals surface area contributed by atoms with E-state index in [0.29, 0.717) is 6.10 Å². The number of hydrogen-bond acceptors (Lipinski definition) is 2. The van der Waals surface area contributed by atoms with Crippen LogP contribution in [0.2, 0.25) is 0 Å². The SMILES string of the molecule is c1cc(C[NH2+]C[C@H]2CCCO2)co1. The lowest BCUT2D eigenvalue weighted by Crippen LogP contribution is -2.84. The molecule has 72 valence electrons. The maximum atomic E-state index is 5.52. The molecule has 0 aromatic carbocycles. The van der Waals surface area contributed by atoms with Crippen LogP contribution in [-0.2, 0) is 11.3 Å². The number of rotatable bonds is 4. The normalized spacial score (nSPS) is 22.3. The van der Waals surface area contributed by atoms with Gasteiger partial charge in [-0.1, -0.05) is 0 Å². The maximum Gasteiger partial charge on any atom is 0.106 e. The molecule has 0 radical (unpaired) electrons. The van der Waals surface area contributed by atoms with Crippen LogP contribution in [0.4, 0.5) is 0 Å². The number of ether oxygens (including phenoxy) is 1. The Bertz CT molecular complexity index is 227. The van der Waals surface area contributed by atoms with E-state index in [-0.39, 0.29) is 0 Å². The van der Waals surface area contributed by atoms with Crippen molar-refractivity contribution in [3.8, 4) is 0 Å². The molecule has 0 bridgehead atoms. The Labute approximate surface area is 78.1 Å². The Morgan fingerprint density at radius 3 is 3.23 bits per heavy atom. The highest BCUT2D eigenvalue weighted by atomic mass is 16.5. The summed E-state index contributed by atoms with van der Waals surface area (Å²) in [5, 5.41) is 2.28. The Kier molecular flexibility index (Phi) is 3.00. The van der Waals surface area contributed by atoms with Gasteiger partial charge in [-0.2, -0.15) is 0 Å². The van der Waals surface area contributed by atoms with Gasteiger partial charge in [0.2, 0.25) is 0 Å². The third-order valence-electron chi connectivity index (χ3n) is 2.41. The second-order valence-electron chi connectivity index (χ2n) is 3.50. The Hall–Kier alpha value is -0.800. The lowest BCUT2D eigenvalue weighted by atomic mass is 10.2. The molecule has 3 heteroatoms. The minimum atomic E-state index is 0.479. The van der Waals surface area contributed by atoms with E-state index in [1.807, 2.05) is 6.07 Å².